The van der Waals surface area contributed by atoms with Crippen LogP contribution in [0.1, 0.15) is 42.3 Å². The first-order chi connectivity index (χ1) is 18.5. The van der Waals surface area contributed by atoms with Crippen LogP contribution in [0.2, 0.25) is 5.28 Å². The zero-order valence-electron chi connectivity index (χ0n) is 20.6. The Labute approximate surface area is 224 Å². The molecule has 4 N–H and O–H groups in total. The van der Waals surface area contributed by atoms with Crippen molar-refractivity contribution in [2.45, 2.75) is 49.5 Å². The number of anilines is 1. The van der Waals surface area contributed by atoms with E-state index in [2.05, 4.69) is 49.9 Å². The summed E-state index contributed by atoms with van der Waals surface area (Å²) in [5.74, 6) is 0.497. The molecule has 2 aromatic heterocycles. The molecule has 1 amide bonds. The quantitative estimate of drug-likeness (QED) is 0.257. The van der Waals surface area contributed by atoms with Gasteiger partial charge in [-0.3, -0.25) is 4.79 Å². The molecular formula is C28H29ClN6O3. The normalized spacial score (nSPS) is 23.2. The van der Waals surface area contributed by atoms with Crippen LogP contribution < -0.4 is 10.6 Å². The van der Waals surface area contributed by atoms with Gasteiger partial charge in [-0.25, -0.2) is 4.98 Å². The Hall–Kier alpha value is -3.53. The molecule has 4 aromatic rings. The third-order valence-electron chi connectivity index (χ3n) is 7.56. The van der Waals surface area contributed by atoms with E-state index in [9.17, 15) is 15.0 Å². The van der Waals surface area contributed by atoms with E-state index in [0.717, 1.165) is 24.0 Å². The van der Waals surface area contributed by atoms with Gasteiger partial charge in [-0.15, -0.1) is 0 Å². The van der Waals surface area contributed by atoms with E-state index >= 15 is 0 Å². The van der Waals surface area contributed by atoms with Crippen molar-refractivity contribution >= 4 is 34.5 Å². The van der Waals surface area contributed by atoms with Crippen LogP contribution in [0.4, 0.5) is 5.82 Å². The molecule has 2 aliphatic carbocycles. The first-order valence-corrected chi connectivity index (χ1v) is 13.3. The first-order valence-electron chi connectivity index (χ1n) is 12.9. The Bertz CT molecular complexity index is 1390. The van der Waals surface area contributed by atoms with Gasteiger partial charge in [0.15, 0.2) is 17.0 Å². The third kappa shape index (κ3) is 4.84. The minimum Gasteiger partial charge on any atom is -0.388 e. The van der Waals surface area contributed by atoms with E-state index in [0.29, 0.717) is 29.9 Å². The highest BCUT2D eigenvalue weighted by molar-refractivity contribution is 6.28. The number of aliphatic hydroxyl groups is 2. The lowest BCUT2D eigenvalue weighted by Crippen LogP contribution is -2.43. The van der Waals surface area contributed by atoms with Crippen molar-refractivity contribution in [3.8, 4) is 0 Å². The number of halogens is 1. The van der Waals surface area contributed by atoms with Gasteiger partial charge in [0, 0.05) is 18.4 Å². The summed E-state index contributed by atoms with van der Waals surface area (Å²) < 4.78 is 1.72. The van der Waals surface area contributed by atoms with E-state index in [4.69, 9.17) is 11.6 Å². The maximum atomic E-state index is 12.3. The van der Waals surface area contributed by atoms with Crippen LogP contribution in [0.15, 0.2) is 67.0 Å². The summed E-state index contributed by atoms with van der Waals surface area (Å²) in [6, 6.07) is 19.4. The summed E-state index contributed by atoms with van der Waals surface area (Å²) in [6.07, 6.45) is 1.48. The molecule has 0 saturated heterocycles. The van der Waals surface area contributed by atoms with Crippen LogP contribution in [0.25, 0.3) is 11.2 Å². The molecule has 2 heterocycles. The van der Waals surface area contributed by atoms with Crippen molar-refractivity contribution in [2.75, 3.05) is 11.9 Å². The summed E-state index contributed by atoms with van der Waals surface area (Å²) in [4.78, 5) is 25.6. The number of carbonyl (C=O) groups is 1. The molecule has 10 heteroatoms. The molecule has 2 saturated carbocycles. The zero-order chi connectivity index (χ0) is 26.2. The minimum absolute atomic E-state index is 0.0169. The van der Waals surface area contributed by atoms with Crippen molar-refractivity contribution in [1.82, 2.24) is 24.8 Å². The number of fused-ring (bicyclic) bond motifs is 1. The van der Waals surface area contributed by atoms with Gasteiger partial charge in [-0.1, -0.05) is 60.7 Å². The fourth-order valence-electron chi connectivity index (χ4n) is 5.33. The molecule has 6 rings (SSSR count). The van der Waals surface area contributed by atoms with Crippen LogP contribution in [0.5, 0.6) is 0 Å². The third-order valence-corrected chi connectivity index (χ3v) is 7.73. The molecule has 0 radical (unpaired) electrons. The predicted molar refractivity (Wildman–Crippen MR) is 144 cm³/mol. The monoisotopic (exact) mass is 532 g/mol. The summed E-state index contributed by atoms with van der Waals surface area (Å²) in [6.45, 7) is 0.545. The summed E-state index contributed by atoms with van der Waals surface area (Å²) >= 11 is 6.34. The van der Waals surface area contributed by atoms with Gasteiger partial charge >= 0.3 is 0 Å². The number of nitrogens with one attached hydrogen (secondary N) is 2. The van der Waals surface area contributed by atoms with Gasteiger partial charge in [-0.05, 0) is 42.0 Å². The highest BCUT2D eigenvalue weighted by atomic mass is 35.5. The molecule has 9 nitrogen and oxygen atoms in total. The van der Waals surface area contributed by atoms with E-state index in [-0.39, 0.29) is 23.0 Å². The van der Waals surface area contributed by atoms with Gasteiger partial charge in [0.25, 0.3) is 0 Å². The average Bonchev–Trinajstić information content (AvgIpc) is 3.66. The Balaban J connectivity index is 1.27. The Morgan fingerprint density at radius 2 is 1.66 bits per heavy atom. The predicted octanol–water partition coefficient (Wildman–Crippen LogP) is 3.29. The number of imidazole rings is 1. The molecular weight excluding hydrogens is 504 g/mol. The average molecular weight is 533 g/mol. The first kappa shape index (κ1) is 24.8. The fraction of sp³-hybridized carbons (Fsp3) is 0.357. The second kappa shape index (κ2) is 10.3. The maximum Gasteiger partial charge on any atom is 0.226 e. The van der Waals surface area contributed by atoms with Gasteiger partial charge in [-0.2, -0.15) is 9.97 Å². The van der Waals surface area contributed by atoms with Crippen LogP contribution in [-0.4, -0.2) is 60.4 Å². The molecule has 38 heavy (non-hydrogen) atoms. The van der Waals surface area contributed by atoms with Gasteiger partial charge in [0.2, 0.25) is 11.2 Å². The van der Waals surface area contributed by atoms with Crippen LogP contribution in [0, 0.1) is 5.92 Å². The highest BCUT2D eigenvalue weighted by Crippen LogP contribution is 2.36. The fourth-order valence-corrected chi connectivity index (χ4v) is 5.49. The van der Waals surface area contributed by atoms with E-state index in [1.165, 1.54) is 0 Å². The van der Waals surface area contributed by atoms with Crippen molar-refractivity contribution in [1.29, 1.82) is 0 Å². The smallest absolute Gasteiger partial charge is 0.226 e. The molecule has 0 bridgehead atoms. The zero-order valence-corrected chi connectivity index (χ0v) is 21.4. The number of hydrogen-bond donors (Lipinski definition) is 4. The Kier molecular flexibility index (Phi) is 6.73. The SMILES string of the molecule is O=C(N[C@H]1CC(n2cnc3c(NCC(c4ccccc4)c4ccccc4)nc(Cl)nc32)[C@H](O)[C@@H]1O)C1CC1. The lowest BCUT2D eigenvalue weighted by Gasteiger charge is -2.20. The molecule has 0 spiro atoms. The number of amides is 1. The Morgan fingerprint density at radius 3 is 2.29 bits per heavy atom. The van der Waals surface area contributed by atoms with Crippen molar-refractivity contribution in [3.63, 3.8) is 0 Å². The number of hydrogen-bond acceptors (Lipinski definition) is 7. The van der Waals surface area contributed by atoms with Crippen LogP contribution in [-0.2, 0) is 4.79 Å². The molecule has 4 atom stereocenters. The van der Waals surface area contributed by atoms with Gasteiger partial charge in [0.05, 0.1) is 18.4 Å². The van der Waals surface area contributed by atoms with E-state index in [1.807, 2.05) is 36.4 Å². The second-order valence-electron chi connectivity index (χ2n) is 10.1. The number of aromatic nitrogens is 4. The van der Waals surface area contributed by atoms with E-state index < -0.39 is 24.3 Å². The number of carbonyl (C=O) groups excluding carboxylic acids is 1. The van der Waals surface area contributed by atoms with Gasteiger partial charge < -0.3 is 25.4 Å². The molecule has 2 aliphatic rings. The summed E-state index contributed by atoms with van der Waals surface area (Å²) in [5.41, 5.74) is 3.29. The van der Waals surface area contributed by atoms with Crippen molar-refractivity contribution in [3.05, 3.63) is 83.4 Å². The molecule has 1 unspecified atom stereocenters. The van der Waals surface area contributed by atoms with Crippen molar-refractivity contribution in [2.24, 2.45) is 5.92 Å². The Morgan fingerprint density at radius 1 is 1.00 bits per heavy atom. The molecule has 0 aliphatic heterocycles. The number of rotatable bonds is 8. The standard InChI is InChI=1S/C28H29ClN6O3/c29-28-33-25(30-14-19(16-7-3-1-4-8-16)17-9-5-2-6-10-17)22-26(34-28)35(15-31-22)21-13-20(23(36)24(21)37)32-27(38)18-11-12-18/h1-10,15,18-21,23-24,36-37H,11-14H2,(H,32,38)(H,30,33,34)/t20-,21?,23+,24-/m0/s1. The second-order valence-corrected chi connectivity index (χ2v) is 10.4. The lowest BCUT2D eigenvalue weighted by molar-refractivity contribution is -0.123. The van der Waals surface area contributed by atoms with Gasteiger partial charge in [0.1, 0.15) is 12.2 Å². The van der Waals surface area contributed by atoms with E-state index in [1.54, 1.807) is 10.9 Å². The summed E-state index contributed by atoms with van der Waals surface area (Å²) in [5, 5.41) is 27.9. The summed E-state index contributed by atoms with van der Waals surface area (Å²) in [7, 11) is 0. The topological polar surface area (TPSA) is 125 Å². The number of benzene rings is 2. The van der Waals surface area contributed by atoms with Crippen LogP contribution in [0.3, 0.4) is 0 Å². The van der Waals surface area contributed by atoms with Crippen LogP contribution >= 0.6 is 11.6 Å². The lowest BCUT2D eigenvalue weighted by atomic mass is 9.91. The molecule has 196 valence electrons. The molecule has 2 aromatic carbocycles. The minimum atomic E-state index is -1.09. The maximum absolute atomic E-state index is 12.3. The van der Waals surface area contributed by atoms with Crippen molar-refractivity contribution < 1.29 is 15.0 Å². The number of aliphatic hydroxyl groups excluding tert-OH is 2. The largest absolute Gasteiger partial charge is 0.388 e. The molecule has 2 fully saturated rings. The number of nitrogens with zero attached hydrogens (tertiary/aromatic N) is 4. The highest BCUT2D eigenvalue weighted by Gasteiger charge is 2.45.